The fourth-order valence-electron chi connectivity index (χ4n) is 4.46. The largest absolute Gasteiger partial charge is 0.322 e. The van der Waals surface area contributed by atoms with Crippen molar-refractivity contribution >= 4 is 34.5 Å². The maximum Gasteiger partial charge on any atom is 0.258 e. The van der Waals surface area contributed by atoms with Crippen molar-refractivity contribution in [3.8, 4) is 11.3 Å². The van der Waals surface area contributed by atoms with E-state index in [1.807, 2.05) is 74.2 Å². The van der Waals surface area contributed by atoms with E-state index < -0.39 is 0 Å². The zero-order valence-corrected chi connectivity index (χ0v) is 20.2. The van der Waals surface area contributed by atoms with Gasteiger partial charge < -0.3 is 10.2 Å². The Morgan fingerprint density at radius 3 is 2.47 bits per heavy atom. The molecule has 0 aliphatic carbocycles. The molecule has 34 heavy (non-hydrogen) atoms. The summed E-state index contributed by atoms with van der Waals surface area (Å²) < 4.78 is 0. The van der Waals surface area contributed by atoms with E-state index >= 15 is 0 Å². The van der Waals surface area contributed by atoms with Crippen LogP contribution in [-0.2, 0) is 6.42 Å². The Bertz CT molecular complexity index is 1420. The van der Waals surface area contributed by atoms with Crippen molar-refractivity contribution < 1.29 is 9.59 Å². The first kappa shape index (κ1) is 22.0. The monoisotopic (exact) mass is 467 g/mol. The van der Waals surface area contributed by atoms with Gasteiger partial charge in [-0.05, 0) is 62.2 Å². The van der Waals surface area contributed by atoms with Gasteiger partial charge in [-0.3, -0.25) is 9.59 Å². The van der Waals surface area contributed by atoms with Gasteiger partial charge in [-0.2, -0.15) is 0 Å². The normalized spacial score (nSPS) is 12.5. The SMILES string of the molecule is Cc1nc2c(s1)CCN(C(=O)c1ccc(NC(=O)c3ccccc3C)cc1C)c1ccccc1-2. The topological polar surface area (TPSA) is 62.3 Å². The van der Waals surface area contributed by atoms with Crippen LogP contribution in [0.2, 0.25) is 0 Å². The molecule has 170 valence electrons. The lowest BCUT2D eigenvalue weighted by Gasteiger charge is -2.24. The van der Waals surface area contributed by atoms with Crippen LogP contribution in [0.25, 0.3) is 11.3 Å². The van der Waals surface area contributed by atoms with Crippen molar-refractivity contribution in [2.45, 2.75) is 27.2 Å². The molecule has 0 atom stereocenters. The standard InChI is InChI=1S/C28H25N3O2S/c1-17-8-4-5-9-21(17)27(32)30-20-12-13-22(18(2)16-20)28(33)31-15-14-25-26(29-19(3)34-25)23-10-6-7-11-24(23)31/h4-13,16H,14-15H2,1-3H3,(H,30,32). The Morgan fingerprint density at radius 1 is 0.912 bits per heavy atom. The Balaban J connectivity index is 1.43. The zero-order valence-electron chi connectivity index (χ0n) is 19.4. The Hall–Kier alpha value is -3.77. The van der Waals surface area contributed by atoms with E-state index in [4.69, 9.17) is 4.98 Å². The molecule has 0 bridgehead atoms. The van der Waals surface area contributed by atoms with E-state index in [2.05, 4.69) is 5.32 Å². The van der Waals surface area contributed by atoms with Crippen LogP contribution in [0, 0.1) is 20.8 Å². The minimum absolute atomic E-state index is 0.0476. The van der Waals surface area contributed by atoms with Crippen LogP contribution in [0.3, 0.4) is 0 Å². The van der Waals surface area contributed by atoms with Crippen LogP contribution < -0.4 is 10.2 Å². The number of thiazole rings is 1. The summed E-state index contributed by atoms with van der Waals surface area (Å²) >= 11 is 1.70. The van der Waals surface area contributed by atoms with Crippen LogP contribution in [0.4, 0.5) is 11.4 Å². The van der Waals surface area contributed by atoms with Gasteiger partial charge in [-0.1, -0.05) is 36.4 Å². The molecule has 2 amide bonds. The van der Waals surface area contributed by atoms with Crippen molar-refractivity contribution in [3.63, 3.8) is 0 Å². The van der Waals surface area contributed by atoms with E-state index in [1.165, 1.54) is 4.88 Å². The molecule has 0 fully saturated rings. The number of aryl methyl sites for hydroxylation is 3. The fourth-order valence-corrected chi connectivity index (χ4v) is 5.40. The molecule has 2 heterocycles. The number of aromatic nitrogens is 1. The third-order valence-corrected chi connectivity index (χ3v) is 7.20. The van der Waals surface area contributed by atoms with Crippen LogP contribution in [0.1, 0.15) is 41.7 Å². The number of para-hydroxylation sites is 1. The summed E-state index contributed by atoms with van der Waals surface area (Å²) in [5, 5.41) is 3.99. The van der Waals surface area contributed by atoms with E-state index in [9.17, 15) is 9.59 Å². The lowest BCUT2D eigenvalue weighted by atomic mass is 10.0. The minimum atomic E-state index is -0.160. The molecule has 6 heteroatoms. The molecule has 5 rings (SSSR count). The number of nitrogens with one attached hydrogen (secondary N) is 1. The lowest BCUT2D eigenvalue weighted by molar-refractivity contribution is 0.0985. The average molecular weight is 468 g/mol. The molecule has 0 saturated carbocycles. The summed E-state index contributed by atoms with van der Waals surface area (Å²) in [6.45, 7) is 6.43. The lowest BCUT2D eigenvalue weighted by Crippen LogP contribution is -2.33. The number of fused-ring (bicyclic) bond motifs is 3. The maximum absolute atomic E-state index is 13.7. The minimum Gasteiger partial charge on any atom is -0.322 e. The number of hydrogen-bond acceptors (Lipinski definition) is 4. The molecule has 0 unspecified atom stereocenters. The molecule has 0 saturated heterocycles. The summed E-state index contributed by atoms with van der Waals surface area (Å²) in [6.07, 6.45) is 0.769. The van der Waals surface area contributed by atoms with Crippen LogP contribution in [0.5, 0.6) is 0 Å². The molecule has 0 spiro atoms. The highest BCUT2D eigenvalue weighted by Gasteiger charge is 2.27. The smallest absolute Gasteiger partial charge is 0.258 e. The number of hydrogen-bond donors (Lipinski definition) is 1. The number of benzene rings is 3. The van der Waals surface area contributed by atoms with Gasteiger partial charge >= 0.3 is 0 Å². The molecular weight excluding hydrogens is 442 g/mol. The quantitative estimate of drug-likeness (QED) is 0.391. The van der Waals surface area contributed by atoms with Gasteiger partial charge in [-0.15, -0.1) is 11.3 Å². The molecule has 0 radical (unpaired) electrons. The van der Waals surface area contributed by atoms with E-state index in [0.717, 1.165) is 39.5 Å². The highest BCUT2D eigenvalue weighted by Crippen LogP contribution is 2.39. The predicted molar refractivity (Wildman–Crippen MR) is 138 cm³/mol. The summed E-state index contributed by atoms with van der Waals surface area (Å²) in [5.74, 6) is -0.208. The first-order valence-electron chi connectivity index (χ1n) is 11.3. The molecule has 1 aromatic heterocycles. The van der Waals surface area contributed by atoms with Gasteiger partial charge in [0.25, 0.3) is 11.8 Å². The second-order valence-electron chi connectivity index (χ2n) is 8.53. The Labute approximate surface area is 203 Å². The second kappa shape index (κ2) is 8.88. The molecule has 1 aliphatic rings. The van der Waals surface area contributed by atoms with Crippen molar-refractivity contribution in [2.75, 3.05) is 16.8 Å². The number of anilines is 2. The highest BCUT2D eigenvalue weighted by molar-refractivity contribution is 7.12. The summed E-state index contributed by atoms with van der Waals surface area (Å²) in [4.78, 5) is 34.2. The van der Waals surface area contributed by atoms with Crippen LogP contribution in [-0.4, -0.2) is 23.3 Å². The highest BCUT2D eigenvalue weighted by atomic mass is 32.1. The third kappa shape index (κ3) is 4.01. The summed E-state index contributed by atoms with van der Waals surface area (Å²) in [6, 6.07) is 20.9. The van der Waals surface area contributed by atoms with E-state index in [1.54, 1.807) is 29.5 Å². The van der Waals surface area contributed by atoms with Crippen LogP contribution >= 0.6 is 11.3 Å². The second-order valence-corrected chi connectivity index (χ2v) is 9.82. The van der Waals surface area contributed by atoms with Gasteiger partial charge in [0.2, 0.25) is 0 Å². The molecule has 5 nitrogen and oxygen atoms in total. The fraction of sp³-hybridized carbons (Fsp3) is 0.179. The third-order valence-electron chi connectivity index (χ3n) is 6.17. The van der Waals surface area contributed by atoms with Crippen molar-refractivity contribution in [1.29, 1.82) is 0 Å². The summed E-state index contributed by atoms with van der Waals surface area (Å²) in [5.41, 5.74) is 6.52. The Morgan fingerprint density at radius 2 is 1.68 bits per heavy atom. The zero-order chi connectivity index (χ0) is 23.8. The van der Waals surface area contributed by atoms with Gasteiger partial charge in [0.15, 0.2) is 0 Å². The number of rotatable bonds is 3. The average Bonchev–Trinajstić information content (AvgIpc) is 3.12. The number of carbonyl (C=O) groups is 2. The van der Waals surface area contributed by atoms with Gasteiger partial charge in [0.1, 0.15) is 0 Å². The molecular formula is C28H25N3O2S. The first-order valence-corrected chi connectivity index (χ1v) is 12.1. The van der Waals surface area contributed by atoms with Gasteiger partial charge in [-0.25, -0.2) is 4.98 Å². The van der Waals surface area contributed by atoms with Crippen molar-refractivity contribution in [3.05, 3.63) is 98.9 Å². The maximum atomic E-state index is 13.7. The van der Waals surface area contributed by atoms with Crippen LogP contribution in [0.15, 0.2) is 66.7 Å². The number of amides is 2. The molecule has 1 N–H and O–H groups in total. The number of carbonyl (C=O) groups excluding carboxylic acids is 2. The molecule has 3 aromatic carbocycles. The van der Waals surface area contributed by atoms with E-state index in [-0.39, 0.29) is 11.8 Å². The van der Waals surface area contributed by atoms with Gasteiger partial charge in [0.05, 0.1) is 16.4 Å². The summed E-state index contributed by atoms with van der Waals surface area (Å²) in [7, 11) is 0. The Kier molecular flexibility index (Phi) is 5.75. The van der Waals surface area contributed by atoms with Crippen molar-refractivity contribution in [2.24, 2.45) is 0 Å². The molecule has 4 aromatic rings. The van der Waals surface area contributed by atoms with Crippen molar-refractivity contribution in [1.82, 2.24) is 4.98 Å². The predicted octanol–water partition coefficient (Wildman–Crippen LogP) is 6.19. The van der Waals surface area contributed by atoms with E-state index in [0.29, 0.717) is 23.4 Å². The number of nitrogens with zero attached hydrogens (tertiary/aromatic N) is 2. The first-order chi connectivity index (χ1) is 16.4. The molecule has 1 aliphatic heterocycles. The van der Waals surface area contributed by atoms with Gasteiger partial charge in [0, 0.05) is 40.2 Å².